The molecule has 1 saturated heterocycles. The molecule has 2 aromatic heterocycles. The van der Waals surface area contributed by atoms with Gasteiger partial charge in [0.15, 0.2) is 5.65 Å². The standard InChI is InChI=1S/C27H30N6O3/c1-35-17-5-8-23(34)32-15-13-20(14-16-32)33-27-24(26(28)29-18-30-27)25(31-33)19-9-11-22(12-10-19)36-21-6-3-2-4-7-21/h2-12,18,20,23,34H,13-17H2,1H3,(H2,28,29,30)/b8-5+. The van der Waals surface area contributed by atoms with Gasteiger partial charge in [-0.25, -0.2) is 14.6 Å². The fourth-order valence-corrected chi connectivity index (χ4v) is 4.55. The van der Waals surface area contributed by atoms with Crippen molar-refractivity contribution < 1.29 is 14.6 Å². The third-order valence-electron chi connectivity index (χ3n) is 6.41. The van der Waals surface area contributed by atoms with Crippen LogP contribution in [0.15, 0.2) is 73.1 Å². The number of para-hydroxylation sites is 1. The van der Waals surface area contributed by atoms with Gasteiger partial charge in [0.25, 0.3) is 0 Å². The first kappa shape index (κ1) is 23.9. The molecule has 1 atom stereocenters. The minimum atomic E-state index is -0.624. The van der Waals surface area contributed by atoms with Gasteiger partial charge in [0.05, 0.1) is 18.0 Å². The zero-order valence-corrected chi connectivity index (χ0v) is 20.2. The molecule has 1 aliphatic heterocycles. The van der Waals surface area contributed by atoms with E-state index in [1.54, 1.807) is 13.2 Å². The van der Waals surface area contributed by atoms with E-state index in [0.717, 1.165) is 59.7 Å². The van der Waals surface area contributed by atoms with Crippen molar-refractivity contribution in [1.29, 1.82) is 0 Å². The monoisotopic (exact) mass is 486 g/mol. The third-order valence-corrected chi connectivity index (χ3v) is 6.41. The lowest BCUT2D eigenvalue weighted by atomic mass is 10.0. The third kappa shape index (κ3) is 5.08. The number of piperidine rings is 1. The quantitative estimate of drug-likeness (QED) is 0.359. The molecule has 0 amide bonds. The van der Waals surface area contributed by atoms with E-state index in [-0.39, 0.29) is 6.04 Å². The Labute approximate surface area is 209 Å². The fourth-order valence-electron chi connectivity index (χ4n) is 4.55. The van der Waals surface area contributed by atoms with Crippen molar-refractivity contribution in [3.63, 3.8) is 0 Å². The largest absolute Gasteiger partial charge is 0.457 e. The Kier molecular flexibility index (Phi) is 7.22. The first-order valence-electron chi connectivity index (χ1n) is 12.0. The maximum absolute atomic E-state index is 10.4. The lowest BCUT2D eigenvalue weighted by Crippen LogP contribution is -2.41. The Morgan fingerprint density at radius 1 is 1.06 bits per heavy atom. The Hall–Kier alpha value is -3.79. The van der Waals surface area contributed by atoms with Crippen molar-refractivity contribution in [3.05, 3.63) is 73.1 Å². The average molecular weight is 487 g/mol. The molecule has 1 aliphatic rings. The number of fused-ring (bicyclic) bond motifs is 1. The maximum Gasteiger partial charge on any atom is 0.164 e. The van der Waals surface area contributed by atoms with Crippen LogP contribution in [-0.4, -0.2) is 62.8 Å². The molecule has 0 aliphatic carbocycles. The van der Waals surface area contributed by atoms with Gasteiger partial charge in [0, 0.05) is 25.8 Å². The van der Waals surface area contributed by atoms with Crippen molar-refractivity contribution in [2.24, 2.45) is 0 Å². The molecule has 0 spiro atoms. The van der Waals surface area contributed by atoms with E-state index < -0.39 is 6.23 Å². The van der Waals surface area contributed by atoms with Gasteiger partial charge in [0.1, 0.15) is 35.6 Å². The highest BCUT2D eigenvalue weighted by atomic mass is 16.5. The molecule has 1 unspecified atom stereocenters. The minimum Gasteiger partial charge on any atom is -0.457 e. The number of aliphatic hydroxyl groups is 1. The SMILES string of the molecule is COC/C=C/C(O)N1CCC(n2nc(-c3ccc(Oc4ccccc4)cc3)c3c(N)ncnc32)CC1. The molecule has 3 heterocycles. The Morgan fingerprint density at radius 2 is 1.78 bits per heavy atom. The molecular formula is C27H30N6O3. The van der Waals surface area contributed by atoms with E-state index in [1.807, 2.05) is 70.3 Å². The number of hydrogen-bond donors (Lipinski definition) is 2. The van der Waals surface area contributed by atoms with Gasteiger partial charge >= 0.3 is 0 Å². The first-order valence-corrected chi connectivity index (χ1v) is 12.0. The highest BCUT2D eigenvalue weighted by Crippen LogP contribution is 2.35. The molecule has 0 saturated carbocycles. The number of anilines is 1. The number of rotatable bonds is 8. The van der Waals surface area contributed by atoms with Crippen LogP contribution in [0.2, 0.25) is 0 Å². The summed E-state index contributed by atoms with van der Waals surface area (Å²) < 4.78 is 12.9. The number of nitrogens with zero attached hydrogens (tertiary/aromatic N) is 5. The molecule has 9 nitrogen and oxygen atoms in total. The highest BCUT2D eigenvalue weighted by Gasteiger charge is 2.27. The molecule has 36 heavy (non-hydrogen) atoms. The van der Waals surface area contributed by atoms with Crippen LogP contribution in [0, 0.1) is 0 Å². The number of benzene rings is 2. The summed E-state index contributed by atoms with van der Waals surface area (Å²) in [6.07, 6.45) is 6.12. The van der Waals surface area contributed by atoms with Crippen LogP contribution in [0.3, 0.4) is 0 Å². The summed E-state index contributed by atoms with van der Waals surface area (Å²) in [7, 11) is 1.63. The molecule has 9 heteroatoms. The van der Waals surface area contributed by atoms with Gasteiger partial charge in [-0.05, 0) is 55.3 Å². The molecule has 2 aromatic carbocycles. The van der Waals surface area contributed by atoms with E-state index in [9.17, 15) is 5.11 Å². The zero-order chi connectivity index (χ0) is 24.9. The van der Waals surface area contributed by atoms with Crippen LogP contribution in [-0.2, 0) is 4.74 Å². The van der Waals surface area contributed by atoms with Crippen molar-refractivity contribution in [1.82, 2.24) is 24.6 Å². The van der Waals surface area contributed by atoms with Crippen LogP contribution in [0.25, 0.3) is 22.3 Å². The van der Waals surface area contributed by atoms with Crippen LogP contribution < -0.4 is 10.5 Å². The summed E-state index contributed by atoms with van der Waals surface area (Å²) in [4.78, 5) is 10.8. The number of likely N-dealkylation sites (tertiary alicyclic amines) is 1. The molecule has 4 aromatic rings. The minimum absolute atomic E-state index is 0.141. The van der Waals surface area contributed by atoms with Gasteiger partial charge in [0.2, 0.25) is 0 Å². The van der Waals surface area contributed by atoms with Crippen LogP contribution in [0.4, 0.5) is 5.82 Å². The van der Waals surface area contributed by atoms with Crippen LogP contribution >= 0.6 is 0 Å². The summed E-state index contributed by atoms with van der Waals surface area (Å²) in [5.41, 5.74) is 8.69. The van der Waals surface area contributed by atoms with Crippen molar-refractivity contribution in [2.45, 2.75) is 25.1 Å². The average Bonchev–Trinajstić information content (AvgIpc) is 3.31. The second kappa shape index (κ2) is 10.9. The van der Waals surface area contributed by atoms with Gasteiger partial charge in [-0.3, -0.25) is 4.90 Å². The van der Waals surface area contributed by atoms with Gasteiger partial charge in [-0.15, -0.1) is 0 Å². The van der Waals surface area contributed by atoms with Gasteiger partial charge < -0.3 is 20.3 Å². The molecule has 0 radical (unpaired) electrons. The molecule has 1 fully saturated rings. The molecule has 186 valence electrons. The summed E-state index contributed by atoms with van der Waals surface area (Å²) in [5, 5.41) is 16.2. The maximum atomic E-state index is 10.4. The first-order chi connectivity index (χ1) is 17.6. The number of aliphatic hydroxyl groups excluding tert-OH is 1. The number of nitrogen functional groups attached to an aromatic ring is 1. The molecule has 5 rings (SSSR count). The Morgan fingerprint density at radius 3 is 2.50 bits per heavy atom. The second-order valence-electron chi connectivity index (χ2n) is 8.75. The summed E-state index contributed by atoms with van der Waals surface area (Å²) in [5.74, 6) is 1.92. The van der Waals surface area contributed by atoms with Crippen LogP contribution in [0.5, 0.6) is 11.5 Å². The second-order valence-corrected chi connectivity index (χ2v) is 8.75. The van der Waals surface area contributed by atoms with E-state index in [0.29, 0.717) is 12.4 Å². The van der Waals surface area contributed by atoms with Gasteiger partial charge in [-0.2, -0.15) is 5.10 Å². The topological polar surface area (TPSA) is 112 Å². The number of aromatic nitrogens is 4. The number of nitrogens with two attached hydrogens (primary N) is 1. The van der Waals surface area contributed by atoms with E-state index in [1.165, 1.54) is 6.33 Å². The lowest BCUT2D eigenvalue weighted by molar-refractivity contribution is 0.0172. The summed E-state index contributed by atoms with van der Waals surface area (Å²) in [6, 6.07) is 17.6. The smallest absolute Gasteiger partial charge is 0.164 e. The van der Waals surface area contributed by atoms with E-state index >= 15 is 0 Å². The predicted octanol–water partition coefficient (Wildman–Crippen LogP) is 4.03. The number of methoxy groups -OCH3 is 1. The highest BCUT2D eigenvalue weighted by molar-refractivity contribution is 5.98. The summed E-state index contributed by atoms with van der Waals surface area (Å²) in [6.45, 7) is 1.97. The number of hydrogen-bond acceptors (Lipinski definition) is 8. The van der Waals surface area contributed by atoms with Crippen LogP contribution in [0.1, 0.15) is 18.9 Å². The van der Waals surface area contributed by atoms with Crippen molar-refractivity contribution in [3.8, 4) is 22.8 Å². The van der Waals surface area contributed by atoms with Crippen molar-refractivity contribution >= 4 is 16.9 Å². The lowest BCUT2D eigenvalue weighted by Gasteiger charge is -2.34. The number of ether oxygens (including phenoxy) is 2. The van der Waals surface area contributed by atoms with Crippen molar-refractivity contribution in [2.75, 3.05) is 32.5 Å². The fraction of sp³-hybridized carbons (Fsp3) is 0.296. The van der Waals surface area contributed by atoms with E-state index in [2.05, 4.69) is 9.97 Å². The Balaban J connectivity index is 1.38. The molecular weight excluding hydrogens is 456 g/mol. The molecule has 0 bridgehead atoms. The van der Waals surface area contributed by atoms with E-state index in [4.69, 9.17) is 20.3 Å². The predicted molar refractivity (Wildman–Crippen MR) is 139 cm³/mol. The van der Waals surface area contributed by atoms with Gasteiger partial charge in [-0.1, -0.05) is 24.3 Å². The normalized spacial score (nSPS) is 16.1. The summed E-state index contributed by atoms with van der Waals surface area (Å²) >= 11 is 0. The zero-order valence-electron chi connectivity index (χ0n) is 20.2. The Bertz CT molecular complexity index is 1310. The molecule has 3 N–H and O–H groups in total.